The number of carbonyl (C=O) groups is 2. The van der Waals surface area contributed by atoms with Gasteiger partial charge in [0.15, 0.2) is 0 Å². The van der Waals surface area contributed by atoms with E-state index in [1.807, 2.05) is 0 Å². The topological polar surface area (TPSA) is 43.4 Å². The van der Waals surface area contributed by atoms with Crippen molar-refractivity contribution in [2.45, 2.75) is 0 Å². The molecule has 0 aliphatic carbocycles. The second-order valence-corrected chi connectivity index (χ2v) is 4.80. The number of ether oxygens (including phenoxy) is 1. The fourth-order valence-electron chi connectivity index (χ4n) is 1.79. The monoisotopic (exact) mass is 422 g/mol. The van der Waals surface area contributed by atoms with Crippen LogP contribution in [0.1, 0.15) is 20.7 Å². The summed E-state index contributed by atoms with van der Waals surface area (Å²) in [7, 11) is 0. The third kappa shape index (κ3) is 4.96. The van der Waals surface area contributed by atoms with E-state index in [1.165, 1.54) is 0 Å². The Kier molecular flexibility index (Phi) is 7.76. The molecule has 0 saturated heterocycles. The van der Waals surface area contributed by atoms with Crippen molar-refractivity contribution < 1.29 is 101 Å². The molecular formula is C14H4BF8KO3. The first-order chi connectivity index (χ1) is 11.9. The Balaban J connectivity index is 0.00000364. The van der Waals surface area contributed by atoms with E-state index < -0.39 is 64.6 Å². The van der Waals surface area contributed by atoms with Gasteiger partial charge in [-0.3, -0.25) is 0 Å². The number of rotatable bonds is 4. The van der Waals surface area contributed by atoms with Crippen LogP contribution in [-0.4, -0.2) is 18.6 Å². The van der Waals surface area contributed by atoms with Gasteiger partial charge in [0, 0.05) is 0 Å². The van der Waals surface area contributed by atoms with Crippen LogP contribution in [0.2, 0.25) is 0 Å². The van der Waals surface area contributed by atoms with Crippen molar-refractivity contribution in [3.8, 4) is 5.75 Å². The van der Waals surface area contributed by atoms with Crippen molar-refractivity contribution in [1.82, 2.24) is 0 Å². The molecule has 0 aliphatic heterocycles. The van der Waals surface area contributed by atoms with Gasteiger partial charge in [0.05, 0.1) is 5.56 Å². The first-order valence-electron chi connectivity index (χ1n) is 6.53. The molecule has 2 aromatic carbocycles. The number of halogens is 8. The van der Waals surface area contributed by atoms with Crippen LogP contribution < -0.4 is 56.1 Å². The fourth-order valence-corrected chi connectivity index (χ4v) is 1.79. The SMILES string of the molecule is O=C(Oc1c(F)c(F)c(F)c(F)c1F)c1ccc(C(=O)[B-](F)(F)F)cc1.[K+]. The van der Waals surface area contributed by atoms with Gasteiger partial charge in [-0.1, -0.05) is 12.1 Å². The molecule has 0 amide bonds. The summed E-state index contributed by atoms with van der Waals surface area (Å²) in [5.41, 5.74) is -3.56. The maximum absolute atomic E-state index is 13.4. The molecule has 0 aliphatic rings. The maximum Gasteiger partial charge on any atom is 1.00 e. The molecule has 13 heteroatoms. The third-order valence-electron chi connectivity index (χ3n) is 3.07. The van der Waals surface area contributed by atoms with Crippen molar-refractivity contribution in [2.75, 3.05) is 0 Å². The van der Waals surface area contributed by atoms with Crippen molar-refractivity contribution >= 4 is 18.6 Å². The Hall–Kier alpha value is -1.28. The minimum Gasteiger partial charge on any atom is -0.443 e. The molecule has 27 heavy (non-hydrogen) atoms. The van der Waals surface area contributed by atoms with Gasteiger partial charge in [0.1, 0.15) is 5.68 Å². The molecule has 2 rings (SSSR count). The van der Waals surface area contributed by atoms with Gasteiger partial charge in [0.2, 0.25) is 34.8 Å². The Labute approximate surface area is 188 Å². The van der Waals surface area contributed by atoms with E-state index in [0.29, 0.717) is 24.3 Å². The Morgan fingerprint density at radius 1 is 0.704 bits per heavy atom. The summed E-state index contributed by atoms with van der Waals surface area (Å²) < 4.78 is 107. The van der Waals surface area contributed by atoms with E-state index in [-0.39, 0.29) is 51.4 Å². The van der Waals surface area contributed by atoms with Crippen LogP contribution >= 0.6 is 0 Å². The predicted octanol–water partition coefficient (Wildman–Crippen LogP) is 1.17. The van der Waals surface area contributed by atoms with E-state index in [0.717, 1.165) is 0 Å². The predicted molar refractivity (Wildman–Crippen MR) is 71.0 cm³/mol. The van der Waals surface area contributed by atoms with Gasteiger partial charge in [-0.15, -0.1) is 0 Å². The largest absolute Gasteiger partial charge is 1.00 e. The molecule has 0 heterocycles. The zero-order valence-corrected chi connectivity index (χ0v) is 16.3. The molecule has 3 nitrogen and oxygen atoms in total. The van der Waals surface area contributed by atoms with Gasteiger partial charge >= 0.3 is 64.3 Å². The smallest absolute Gasteiger partial charge is 0.443 e. The van der Waals surface area contributed by atoms with E-state index in [9.17, 15) is 44.5 Å². The van der Waals surface area contributed by atoms with Crippen LogP contribution in [-0.2, 0) is 0 Å². The van der Waals surface area contributed by atoms with Crippen LogP contribution in [0.25, 0.3) is 0 Å². The van der Waals surface area contributed by atoms with Crippen molar-refractivity contribution in [3.63, 3.8) is 0 Å². The number of hydrogen-bond donors (Lipinski definition) is 0. The number of carbonyl (C=O) groups excluding carboxylic acids is 2. The first kappa shape index (κ1) is 23.8. The van der Waals surface area contributed by atoms with Crippen LogP contribution in [0.15, 0.2) is 24.3 Å². The van der Waals surface area contributed by atoms with E-state index in [4.69, 9.17) is 0 Å². The zero-order chi connectivity index (χ0) is 19.8. The van der Waals surface area contributed by atoms with E-state index in [2.05, 4.69) is 4.74 Å². The second-order valence-electron chi connectivity index (χ2n) is 4.80. The van der Waals surface area contributed by atoms with E-state index in [1.54, 1.807) is 0 Å². The van der Waals surface area contributed by atoms with Crippen LogP contribution in [0, 0.1) is 29.1 Å². The minimum absolute atomic E-state index is 0. The van der Waals surface area contributed by atoms with Crippen LogP contribution in [0.5, 0.6) is 5.75 Å². The summed E-state index contributed by atoms with van der Waals surface area (Å²) in [5.74, 6) is -15.4. The van der Waals surface area contributed by atoms with Crippen molar-refractivity contribution in [3.05, 3.63) is 64.5 Å². The summed E-state index contributed by atoms with van der Waals surface area (Å²) in [6.45, 7) is -5.82. The number of benzene rings is 2. The van der Waals surface area contributed by atoms with Gasteiger partial charge in [0.25, 0.3) is 0 Å². The summed E-state index contributed by atoms with van der Waals surface area (Å²) in [4.78, 5) is 22.7. The fraction of sp³-hybridized carbons (Fsp3) is 0. The maximum atomic E-state index is 13.4. The standard InChI is InChI=1S/C14H4BF8O3.K/c16-7-8(17)10(19)12(11(20)9(7)18)26-14(25)6-3-1-5(2-4-6)13(24)15(21,22)23;/h1-4H;/q-1;+1. The van der Waals surface area contributed by atoms with Gasteiger partial charge < -0.3 is 22.5 Å². The average molecular weight is 422 g/mol. The second kappa shape index (κ2) is 8.82. The molecule has 0 unspecified atom stereocenters. The zero-order valence-electron chi connectivity index (χ0n) is 13.1. The molecule has 0 spiro atoms. The molecule has 0 radical (unpaired) electrons. The van der Waals surface area contributed by atoms with Crippen molar-refractivity contribution in [1.29, 1.82) is 0 Å². The van der Waals surface area contributed by atoms with Crippen LogP contribution in [0.4, 0.5) is 34.9 Å². The summed E-state index contributed by atoms with van der Waals surface area (Å²) in [6.07, 6.45) is 0. The molecular weight excluding hydrogens is 418 g/mol. The Morgan fingerprint density at radius 3 is 1.48 bits per heavy atom. The number of hydrogen-bond acceptors (Lipinski definition) is 3. The van der Waals surface area contributed by atoms with Gasteiger partial charge in [-0.05, 0) is 17.7 Å². The number of esters is 1. The van der Waals surface area contributed by atoms with Gasteiger partial charge in [-0.25, -0.2) is 18.0 Å². The van der Waals surface area contributed by atoms with Crippen LogP contribution in [0.3, 0.4) is 0 Å². The first-order valence-corrected chi connectivity index (χ1v) is 6.53. The molecule has 0 saturated carbocycles. The molecule has 0 bridgehead atoms. The molecule has 0 aromatic heterocycles. The molecule has 2 aromatic rings. The van der Waals surface area contributed by atoms with Gasteiger partial charge in [-0.2, -0.15) is 8.78 Å². The summed E-state index contributed by atoms with van der Waals surface area (Å²) >= 11 is 0. The quantitative estimate of drug-likeness (QED) is 0.186. The summed E-state index contributed by atoms with van der Waals surface area (Å²) in [5, 5.41) is 0. The third-order valence-corrected chi connectivity index (χ3v) is 3.07. The summed E-state index contributed by atoms with van der Waals surface area (Å²) in [6, 6.07) is 2.49. The Morgan fingerprint density at radius 2 is 1.07 bits per heavy atom. The molecule has 0 fully saturated rings. The molecule has 0 atom stereocenters. The molecule has 0 N–H and O–H groups in total. The molecule has 138 valence electrons. The Bertz CT molecular complexity index is 870. The minimum atomic E-state index is -5.82. The van der Waals surface area contributed by atoms with E-state index >= 15 is 0 Å². The average Bonchev–Trinajstić information content (AvgIpc) is 2.60. The van der Waals surface area contributed by atoms with Crippen molar-refractivity contribution in [2.24, 2.45) is 0 Å². The normalized spacial score (nSPS) is 11.0.